The van der Waals surface area contributed by atoms with Crippen molar-refractivity contribution in [2.24, 2.45) is 0 Å². The Morgan fingerprint density at radius 2 is 2.24 bits per heavy atom. The molecule has 94 valence electrons. The van der Waals surface area contributed by atoms with Crippen molar-refractivity contribution in [3.05, 3.63) is 11.6 Å². The smallest absolute Gasteiger partial charge is 0.321 e. The van der Waals surface area contributed by atoms with E-state index in [0.29, 0.717) is 11.7 Å². The van der Waals surface area contributed by atoms with E-state index in [1.807, 2.05) is 0 Å². The van der Waals surface area contributed by atoms with Crippen LogP contribution in [0.2, 0.25) is 0 Å². The number of urea groups is 1. The van der Waals surface area contributed by atoms with Crippen LogP contribution in [0, 0.1) is 0 Å². The highest BCUT2D eigenvalue weighted by atomic mass is 32.1. The Balaban J connectivity index is 1.75. The second-order valence-corrected chi connectivity index (χ2v) is 5.32. The molecule has 6 heteroatoms. The molecule has 0 aliphatic heterocycles. The Bertz CT molecular complexity index is 361. The number of anilines is 1. The summed E-state index contributed by atoms with van der Waals surface area (Å²) >= 11 is 1.37. The van der Waals surface area contributed by atoms with Crippen LogP contribution in [0.3, 0.4) is 0 Å². The van der Waals surface area contributed by atoms with Gasteiger partial charge < -0.3 is 10.4 Å². The third kappa shape index (κ3) is 3.67. The van der Waals surface area contributed by atoms with Gasteiger partial charge in [0.05, 0.1) is 5.60 Å². The average molecular weight is 255 g/mol. The molecule has 0 bridgehead atoms. The largest absolute Gasteiger partial charge is 0.388 e. The van der Waals surface area contributed by atoms with E-state index in [1.165, 1.54) is 17.8 Å². The zero-order valence-corrected chi connectivity index (χ0v) is 10.4. The van der Waals surface area contributed by atoms with Crippen LogP contribution in [0.25, 0.3) is 0 Å². The van der Waals surface area contributed by atoms with E-state index in [2.05, 4.69) is 15.6 Å². The van der Waals surface area contributed by atoms with Crippen LogP contribution in [0.4, 0.5) is 9.93 Å². The van der Waals surface area contributed by atoms with Crippen LogP contribution < -0.4 is 10.6 Å². The average Bonchev–Trinajstić information content (AvgIpc) is 2.80. The highest BCUT2D eigenvalue weighted by Gasteiger charge is 2.29. The first-order chi connectivity index (χ1) is 8.18. The maximum atomic E-state index is 11.5. The zero-order valence-electron chi connectivity index (χ0n) is 9.61. The topological polar surface area (TPSA) is 74.2 Å². The molecule has 3 N–H and O–H groups in total. The van der Waals surface area contributed by atoms with Gasteiger partial charge in [-0.15, -0.1) is 11.3 Å². The van der Waals surface area contributed by atoms with Crippen molar-refractivity contribution in [1.82, 2.24) is 10.3 Å². The summed E-state index contributed by atoms with van der Waals surface area (Å²) in [5, 5.41) is 17.9. The molecule has 0 atom stereocenters. The van der Waals surface area contributed by atoms with Crippen molar-refractivity contribution in [2.75, 3.05) is 11.9 Å². The lowest BCUT2D eigenvalue weighted by Gasteiger charge is -2.31. The summed E-state index contributed by atoms with van der Waals surface area (Å²) in [7, 11) is 0. The first-order valence-corrected chi connectivity index (χ1v) is 6.73. The monoisotopic (exact) mass is 255 g/mol. The molecule has 1 fully saturated rings. The van der Waals surface area contributed by atoms with Crippen LogP contribution >= 0.6 is 11.3 Å². The zero-order chi connectivity index (χ0) is 12.1. The molecule has 0 aromatic carbocycles. The lowest BCUT2D eigenvalue weighted by molar-refractivity contribution is 0.00755. The fraction of sp³-hybridized carbons (Fsp3) is 0.636. The molecule has 1 aromatic rings. The molecule has 17 heavy (non-hydrogen) atoms. The van der Waals surface area contributed by atoms with E-state index in [-0.39, 0.29) is 6.03 Å². The van der Waals surface area contributed by atoms with Gasteiger partial charge in [-0.2, -0.15) is 0 Å². The maximum Gasteiger partial charge on any atom is 0.321 e. The summed E-state index contributed by atoms with van der Waals surface area (Å²) in [4.78, 5) is 15.5. The number of aromatic nitrogens is 1. The van der Waals surface area contributed by atoms with E-state index >= 15 is 0 Å². The third-order valence-electron chi connectivity index (χ3n) is 3.02. The number of hydrogen-bond donors (Lipinski definition) is 3. The van der Waals surface area contributed by atoms with Gasteiger partial charge >= 0.3 is 6.03 Å². The van der Waals surface area contributed by atoms with Crippen molar-refractivity contribution < 1.29 is 9.90 Å². The Labute approximate surface area is 104 Å². The molecule has 0 spiro atoms. The Morgan fingerprint density at radius 1 is 1.47 bits per heavy atom. The van der Waals surface area contributed by atoms with Crippen LogP contribution in [-0.4, -0.2) is 28.3 Å². The number of nitrogens with zero attached hydrogens (tertiary/aromatic N) is 1. The van der Waals surface area contributed by atoms with Gasteiger partial charge in [0.15, 0.2) is 5.13 Å². The standard InChI is InChI=1S/C11H17N3O2S/c15-9(14-10-12-6-7-17-10)13-8-11(16)4-2-1-3-5-11/h6-7,16H,1-5,8H2,(H2,12,13,14,15). The fourth-order valence-corrected chi connectivity index (χ4v) is 2.58. The van der Waals surface area contributed by atoms with Crippen molar-refractivity contribution >= 4 is 22.5 Å². The molecule has 0 saturated heterocycles. The van der Waals surface area contributed by atoms with Gasteiger partial charge in [-0.1, -0.05) is 19.3 Å². The number of carbonyl (C=O) groups is 1. The number of nitrogens with one attached hydrogen (secondary N) is 2. The SMILES string of the molecule is O=C(NCC1(O)CCCCC1)Nc1nccs1. The van der Waals surface area contributed by atoms with Gasteiger partial charge in [-0.3, -0.25) is 5.32 Å². The highest BCUT2D eigenvalue weighted by molar-refractivity contribution is 7.13. The van der Waals surface area contributed by atoms with Crippen LogP contribution in [0.5, 0.6) is 0 Å². The molecule has 2 rings (SSSR count). The number of aliphatic hydroxyl groups is 1. The molecule has 1 aromatic heterocycles. The van der Waals surface area contributed by atoms with Crippen molar-refractivity contribution in [3.8, 4) is 0 Å². The van der Waals surface area contributed by atoms with Gasteiger partial charge in [0.1, 0.15) is 0 Å². The van der Waals surface area contributed by atoms with Crippen molar-refractivity contribution in [1.29, 1.82) is 0 Å². The predicted molar refractivity (Wildman–Crippen MR) is 67.2 cm³/mol. The summed E-state index contributed by atoms with van der Waals surface area (Å²) in [6.07, 6.45) is 6.41. The summed E-state index contributed by atoms with van der Waals surface area (Å²) in [6, 6.07) is -0.307. The second-order valence-electron chi connectivity index (χ2n) is 4.43. The molecule has 0 radical (unpaired) electrons. The third-order valence-corrected chi connectivity index (χ3v) is 3.70. The van der Waals surface area contributed by atoms with E-state index in [9.17, 15) is 9.90 Å². The van der Waals surface area contributed by atoms with Gasteiger partial charge in [0.2, 0.25) is 0 Å². The molecule has 0 unspecified atom stereocenters. The quantitative estimate of drug-likeness (QED) is 0.773. The van der Waals surface area contributed by atoms with Gasteiger partial charge in [0.25, 0.3) is 0 Å². The van der Waals surface area contributed by atoms with Gasteiger partial charge in [-0.25, -0.2) is 9.78 Å². The Kier molecular flexibility index (Phi) is 3.96. The first kappa shape index (κ1) is 12.3. The van der Waals surface area contributed by atoms with Crippen LogP contribution in [0.1, 0.15) is 32.1 Å². The maximum absolute atomic E-state index is 11.5. The highest BCUT2D eigenvalue weighted by Crippen LogP contribution is 2.27. The van der Waals surface area contributed by atoms with Crippen LogP contribution in [-0.2, 0) is 0 Å². The summed E-state index contributed by atoms with van der Waals surface area (Å²) in [5.74, 6) is 0. The van der Waals surface area contributed by atoms with E-state index < -0.39 is 5.60 Å². The van der Waals surface area contributed by atoms with Gasteiger partial charge in [-0.05, 0) is 12.8 Å². The van der Waals surface area contributed by atoms with Crippen molar-refractivity contribution in [3.63, 3.8) is 0 Å². The summed E-state index contributed by atoms with van der Waals surface area (Å²) in [5.41, 5.74) is -0.724. The number of hydrogen-bond acceptors (Lipinski definition) is 4. The second kappa shape index (κ2) is 5.46. The molecule has 2 amide bonds. The Hall–Kier alpha value is -1.14. The number of carbonyl (C=O) groups excluding carboxylic acids is 1. The number of thiazole rings is 1. The predicted octanol–water partition coefficient (Wildman–Crippen LogP) is 1.96. The number of amides is 2. The number of rotatable bonds is 3. The van der Waals surface area contributed by atoms with Crippen molar-refractivity contribution in [2.45, 2.75) is 37.7 Å². The fourth-order valence-electron chi connectivity index (χ4n) is 2.06. The van der Waals surface area contributed by atoms with Crippen LogP contribution in [0.15, 0.2) is 11.6 Å². The minimum atomic E-state index is -0.724. The molecular formula is C11H17N3O2S. The van der Waals surface area contributed by atoms with Gasteiger partial charge in [0, 0.05) is 18.1 Å². The summed E-state index contributed by atoms with van der Waals surface area (Å²) in [6.45, 7) is 0.310. The normalized spacial score (nSPS) is 18.6. The molecule has 1 aliphatic carbocycles. The minimum absolute atomic E-state index is 0.307. The van der Waals surface area contributed by atoms with E-state index in [1.54, 1.807) is 11.6 Å². The molecule has 5 nitrogen and oxygen atoms in total. The Morgan fingerprint density at radius 3 is 2.88 bits per heavy atom. The van der Waals surface area contributed by atoms with E-state index in [4.69, 9.17) is 0 Å². The lowest BCUT2D eigenvalue weighted by Crippen LogP contribution is -2.45. The minimum Gasteiger partial charge on any atom is -0.388 e. The molecular weight excluding hydrogens is 238 g/mol. The molecule has 1 aliphatic rings. The summed E-state index contributed by atoms with van der Waals surface area (Å²) < 4.78 is 0. The molecule has 1 heterocycles. The molecule has 1 saturated carbocycles. The first-order valence-electron chi connectivity index (χ1n) is 5.85. The van der Waals surface area contributed by atoms with E-state index in [0.717, 1.165) is 25.7 Å². The lowest BCUT2D eigenvalue weighted by atomic mass is 9.85.